The first-order valence-corrected chi connectivity index (χ1v) is 8.88. The molecule has 2 rings (SSSR count). The highest BCUT2D eigenvalue weighted by molar-refractivity contribution is 5.99. The summed E-state index contributed by atoms with van der Waals surface area (Å²) in [4.78, 5) is 47.0. The third-order valence-electron chi connectivity index (χ3n) is 3.65. The van der Waals surface area contributed by atoms with E-state index in [4.69, 9.17) is 4.74 Å². The van der Waals surface area contributed by atoms with E-state index < -0.39 is 18.5 Å². The van der Waals surface area contributed by atoms with E-state index in [1.165, 1.54) is 32.0 Å². The molecule has 0 aliphatic rings. The lowest BCUT2D eigenvalue weighted by molar-refractivity contribution is -0.119. The van der Waals surface area contributed by atoms with Crippen LogP contribution in [0, 0.1) is 13.8 Å². The summed E-state index contributed by atoms with van der Waals surface area (Å²) >= 11 is 0. The molecule has 0 saturated heterocycles. The molecule has 3 N–H and O–H groups in total. The Morgan fingerprint density at radius 3 is 1.69 bits per heavy atom. The van der Waals surface area contributed by atoms with Crippen molar-refractivity contribution in [1.29, 1.82) is 0 Å². The number of benzene rings is 2. The number of carbonyl (C=O) groups excluding carboxylic acids is 4. The zero-order valence-electron chi connectivity index (χ0n) is 16.7. The molecular weight excluding hydrogens is 374 g/mol. The zero-order valence-corrected chi connectivity index (χ0v) is 16.7. The highest BCUT2D eigenvalue weighted by Gasteiger charge is 2.14. The zero-order chi connectivity index (χ0) is 21.6. The Kier molecular flexibility index (Phi) is 7.08. The van der Waals surface area contributed by atoms with E-state index in [9.17, 15) is 19.2 Å². The summed E-state index contributed by atoms with van der Waals surface area (Å²) in [6.07, 6.45) is 0. The summed E-state index contributed by atoms with van der Waals surface area (Å²) in [7, 11) is 0. The van der Waals surface area contributed by atoms with E-state index in [1.54, 1.807) is 0 Å². The first-order chi connectivity index (χ1) is 13.6. The van der Waals surface area contributed by atoms with E-state index in [1.807, 2.05) is 32.0 Å². The van der Waals surface area contributed by atoms with Crippen LogP contribution in [-0.2, 0) is 19.1 Å². The van der Waals surface area contributed by atoms with Crippen LogP contribution in [0.3, 0.4) is 0 Å². The summed E-state index contributed by atoms with van der Waals surface area (Å²) in [5, 5.41) is 7.76. The van der Waals surface area contributed by atoms with Gasteiger partial charge in [0.25, 0.3) is 5.91 Å². The largest absolute Gasteiger partial charge is 0.452 e. The molecular formula is C21H23N3O5. The first-order valence-electron chi connectivity index (χ1n) is 8.88. The monoisotopic (exact) mass is 397 g/mol. The molecule has 0 heterocycles. The van der Waals surface area contributed by atoms with Crippen molar-refractivity contribution in [3.63, 3.8) is 0 Å². The minimum Gasteiger partial charge on any atom is -0.452 e. The highest BCUT2D eigenvalue weighted by atomic mass is 16.5. The van der Waals surface area contributed by atoms with Crippen LogP contribution in [0.15, 0.2) is 36.4 Å². The molecule has 0 aliphatic carbocycles. The van der Waals surface area contributed by atoms with Gasteiger partial charge in [0, 0.05) is 30.9 Å². The van der Waals surface area contributed by atoms with Gasteiger partial charge in [-0.2, -0.15) is 0 Å². The Bertz CT molecular complexity index is 914. The summed E-state index contributed by atoms with van der Waals surface area (Å²) in [5.74, 6) is -1.92. The topological polar surface area (TPSA) is 114 Å². The normalized spacial score (nSPS) is 10.1. The molecule has 2 aromatic rings. The van der Waals surface area contributed by atoms with Crippen LogP contribution in [0.4, 0.5) is 17.1 Å². The van der Waals surface area contributed by atoms with Crippen molar-refractivity contribution >= 4 is 40.8 Å². The number of aryl methyl sites for hydroxylation is 2. The van der Waals surface area contributed by atoms with E-state index in [2.05, 4.69) is 16.0 Å². The number of nitrogens with one attached hydrogen (secondary N) is 3. The number of hydrogen-bond acceptors (Lipinski definition) is 5. The first kappa shape index (κ1) is 21.6. The van der Waals surface area contributed by atoms with Crippen molar-refractivity contribution < 1.29 is 23.9 Å². The van der Waals surface area contributed by atoms with Gasteiger partial charge in [-0.15, -0.1) is 0 Å². The lowest BCUT2D eigenvalue weighted by atomic mass is 10.1. The van der Waals surface area contributed by atoms with Crippen LogP contribution >= 0.6 is 0 Å². The van der Waals surface area contributed by atoms with Gasteiger partial charge in [-0.25, -0.2) is 4.79 Å². The maximum absolute atomic E-state index is 12.4. The molecule has 8 heteroatoms. The minimum atomic E-state index is -0.764. The third-order valence-corrected chi connectivity index (χ3v) is 3.65. The van der Waals surface area contributed by atoms with Crippen LogP contribution in [0.25, 0.3) is 0 Å². The molecule has 0 spiro atoms. The molecule has 0 atom stereocenters. The predicted octanol–water partition coefficient (Wildman–Crippen LogP) is 3.02. The Morgan fingerprint density at radius 2 is 1.21 bits per heavy atom. The maximum atomic E-state index is 12.4. The standard InChI is InChI=1S/C21H23N3O5/c1-12-5-13(2)7-17(6-12)24-20(27)11-29-21(28)16-8-18(22-14(3)25)10-19(9-16)23-15(4)26/h5-10H,11H2,1-4H3,(H,22,25)(H,23,26)(H,24,27). The number of amides is 3. The van der Waals surface area contributed by atoms with Crippen LogP contribution in [0.5, 0.6) is 0 Å². The van der Waals surface area contributed by atoms with Crippen molar-refractivity contribution in [2.75, 3.05) is 22.6 Å². The average molecular weight is 397 g/mol. The van der Waals surface area contributed by atoms with E-state index in [-0.39, 0.29) is 17.4 Å². The molecule has 0 bridgehead atoms. The van der Waals surface area contributed by atoms with E-state index >= 15 is 0 Å². The molecule has 29 heavy (non-hydrogen) atoms. The molecule has 2 aromatic carbocycles. The van der Waals surface area contributed by atoms with Gasteiger partial charge in [0.05, 0.1) is 5.56 Å². The fraction of sp³-hybridized carbons (Fsp3) is 0.238. The molecule has 152 valence electrons. The number of ether oxygens (including phenoxy) is 1. The Hall–Kier alpha value is -3.68. The maximum Gasteiger partial charge on any atom is 0.338 e. The second-order valence-corrected chi connectivity index (χ2v) is 6.66. The number of esters is 1. The van der Waals surface area contributed by atoms with Crippen molar-refractivity contribution in [2.24, 2.45) is 0 Å². The number of carbonyl (C=O) groups is 4. The van der Waals surface area contributed by atoms with Gasteiger partial charge in [0.2, 0.25) is 11.8 Å². The second kappa shape index (κ2) is 9.50. The van der Waals surface area contributed by atoms with Gasteiger partial charge in [0.15, 0.2) is 6.61 Å². The fourth-order valence-corrected chi connectivity index (χ4v) is 2.75. The molecule has 0 radical (unpaired) electrons. The molecule has 3 amide bonds. The van der Waals surface area contributed by atoms with E-state index in [0.717, 1.165) is 11.1 Å². The van der Waals surface area contributed by atoms with Crippen molar-refractivity contribution in [3.05, 3.63) is 53.1 Å². The fourth-order valence-electron chi connectivity index (χ4n) is 2.75. The van der Waals surface area contributed by atoms with Crippen molar-refractivity contribution in [2.45, 2.75) is 27.7 Å². The minimum absolute atomic E-state index is 0.0826. The van der Waals surface area contributed by atoms with Gasteiger partial charge >= 0.3 is 5.97 Å². The highest BCUT2D eigenvalue weighted by Crippen LogP contribution is 2.20. The third kappa shape index (κ3) is 7.10. The van der Waals surface area contributed by atoms with Gasteiger partial charge in [-0.05, 0) is 55.3 Å². The summed E-state index contributed by atoms with van der Waals surface area (Å²) in [6, 6.07) is 9.90. The smallest absolute Gasteiger partial charge is 0.338 e. The molecule has 0 fully saturated rings. The summed E-state index contributed by atoms with van der Waals surface area (Å²) in [6.45, 7) is 5.99. The predicted molar refractivity (Wildman–Crippen MR) is 110 cm³/mol. The van der Waals surface area contributed by atoms with Crippen LogP contribution in [0.2, 0.25) is 0 Å². The molecule has 0 saturated carbocycles. The number of rotatable bonds is 6. The lowest BCUT2D eigenvalue weighted by Gasteiger charge is -2.11. The average Bonchev–Trinajstić information content (AvgIpc) is 2.57. The molecule has 0 aliphatic heterocycles. The van der Waals surface area contributed by atoms with Gasteiger partial charge in [-0.1, -0.05) is 6.07 Å². The van der Waals surface area contributed by atoms with Crippen molar-refractivity contribution in [3.8, 4) is 0 Å². The van der Waals surface area contributed by atoms with Crippen LogP contribution < -0.4 is 16.0 Å². The molecule has 8 nitrogen and oxygen atoms in total. The van der Waals surface area contributed by atoms with Crippen LogP contribution in [-0.4, -0.2) is 30.3 Å². The number of anilines is 3. The molecule has 0 unspecified atom stereocenters. The Balaban J connectivity index is 2.07. The number of hydrogen-bond donors (Lipinski definition) is 3. The van der Waals surface area contributed by atoms with Gasteiger partial charge in [0.1, 0.15) is 0 Å². The lowest BCUT2D eigenvalue weighted by Crippen LogP contribution is -2.21. The summed E-state index contributed by atoms with van der Waals surface area (Å²) in [5.41, 5.74) is 3.32. The Labute approximate surface area is 168 Å². The SMILES string of the molecule is CC(=O)Nc1cc(NC(C)=O)cc(C(=O)OCC(=O)Nc2cc(C)cc(C)c2)c1. The summed E-state index contributed by atoms with van der Waals surface area (Å²) < 4.78 is 5.07. The van der Waals surface area contributed by atoms with Gasteiger partial charge < -0.3 is 20.7 Å². The van der Waals surface area contributed by atoms with Gasteiger partial charge in [-0.3, -0.25) is 14.4 Å². The van der Waals surface area contributed by atoms with Crippen LogP contribution in [0.1, 0.15) is 35.3 Å². The van der Waals surface area contributed by atoms with Crippen molar-refractivity contribution in [1.82, 2.24) is 0 Å². The quantitative estimate of drug-likeness (QED) is 0.649. The van der Waals surface area contributed by atoms with E-state index in [0.29, 0.717) is 17.1 Å². The second-order valence-electron chi connectivity index (χ2n) is 6.66. The Morgan fingerprint density at radius 1 is 0.724 bits per heavy atom. The molecule has 0 aromatic heterocycles.